The van der Waals surface area contributed by atoms with Gasteiger partial charge in [-0.05, 0) is 105 Å². The van der Waals surface area contributed by atoms with Crippen LogP contribution in [-0.2, 0) is 16.2 Å². The van der Waals surface area contributed by atoms with Crippen LogP contribution in [0.3, 0.4) is 0 Å². The Morgan fingerprint density at radius 2 is 1.81 bits per heavy atom. The molecule has 4 rings (SSSR count). The molecule has 36 heavy (non-hydrogen) atoms. The van der Waals surface area contributed by atoms with Crippen molar-refractivity contribution in [2.24, 2.45) is 0 Å². The molecule has 3 aromatic rings. The highest BCUT2D eigenvalue weighted by atomic mass is 127. The third-order valence-corrected chi connectivity index (χ3v) is 7.95. The number of aryl methyl sites for hydroxylation is 1. The number of ether oxygens (including phenoxy) is 1. The van der Waals surface area contributed by atoms with Gasteiger partial charge in [0, 0.05) is 0 Å². The van der Waals surface area contributed by atoms with Gasteiger partial charge in [-0.25, -0.2) is 0 Å². The molecule has 1 aliphatic rings. The van der Waals surface area contributed by atoms with Gasteiger partial charge in [0.1, 0.15) is 18.9 Å². The number of nitrogens with one attached hydrogen (secondary N) is 1. The lowest BCUT2D eigenvalue weighted by Gasteiger charge is -2.13. The minimum absolute atomic E-state index is 0.255. The summed E-state index contributed by atoms with van der Waals surface area (Å²) in [6.07, 6.45) is 1.66. The van der Waals surface area contributed by atoms with Gasteiger partial charge < -0.3 is 10.1 Å². The lowest BCUT2D eigenvalue weighted by Crippen LogP contribution is -2.36. The molecule has 0 aliphatic carbocycles. The summed E-state index contributed by atoms with van der Waals surface area (Å²) in [7, 11) is 0. The second kappa shape index (κ2) is 12.0. The number of hydrogen-bond acceptors (Lipinski definition) is 5. The average Bonchev–Trinajstić information content (AvgIpc) is 3.07. The maximum absolute atomic E-state index is 12.9. The minimum Gasteiger partial charge on any atom is -0.487 e. The van der Waals surface area contributed by atoms with E-state index in [2.05, 4.69) is 56.6 Å². The van der Waals surface area contributed by atoms with Gasteiger partial charge >= 0.3 is 0 Å². The highest BCUT2D eigenvalue weighted by molar-refractivity contribution is 14.1. The van der Waals surface area contributed by atoms with Crippen LogP contribution in [0, 0.1) is 14.1 Å². The van der Waals surface area contributed by atoms with Crippen LogP contribution in [0.2, 0.25) is 5.02 Å². The lowest BCUT2D eigenvalue weighted by atomic mass is 10.1. The molecular formula is C26H19ClI2N2O4S. The predicted octanol–water partition coefficient (Wildman–Crippen LogP) is 7.11. The summed E-state index contributed by atoms with van der Waals surface area (Å²) < 4.78 is 7.84. The van der Waals surface area contributed by atoms with Crippen molar-refractivity contribution in [3.63, 3.8) is 0 Å². The second-order valence-electron chi connectivity index (χ2n) is 7.89. The molecule has 0 bridgehead atoms. The summed E-state index contributed by atoms with van der Waals surface area (Å²) in [5.74, 6) is -0.255. The smallest absolute Gasteiger partial charge is 0.294 e. The van der Waals surface area contributed by atoms with Crippen molar-refractivity contribution in [1.82, 2.24) is 4.90 Å². The van der Waals surface area contributed by atoms with E-state index in [0.29, 0.717) is 17.3 Å². The summed E-state index contributed by atoms with van der Waals surface area (Å²) in [6, 6.07) is 18.7. The summed E-state index contributed by atoms with van der Waals surface area (Å²) in [5.41, 5.74) is 3.43. The van der Waals surface area contributed by atoms with E-state index in [1.807, 2.05) is 37.3 Å². The molecule has 3 aromatic carbocycles. The van der Waals surface area contributed by atoms with Crippen LogP contribution in [0.4, 0.5) is 10.5 Å². The normalized spacial score (nSPS) is 14.4. The number of hydrogen-bond donors (Lipinski definition) is 1. The van der Waals surface area contributed by atoms with Gasteiger partial charge in [0.15, 0.2) is 0 Å². The van der Waals surface area contributed by atoms with Crippen molar-refractivity contribution in [3.8, 4) is 5.75 Å². The highest BCUT2D eigenvalue weighted by Crippen LogP contribution is 2.35. The molecule has 1 N–H and O–H groups in total. The van der Waals surface area contributed by atoms with Crippen molar-refractivity contribution >= 4 is 97.4 Å². The molecule has 184 valence electrons. The van der Waals surface area contributed by atoms with Gasteiger partial charge in [0.25, 0.3) is 11.1 Å². The number of benzene rings is 3. The number of amides is 3. The Labute approximate surface area is 245 Å². The number of nitrogens with zero attached hydrogens (tertiary/aromatic N) is 1. The minimum atomic E-state index is -0.510. The van der Waals surface area contributed by atoms with Gasteiger partial charge in [0.05, 0.1) is 22.8 Å². The lowest BCUT2D eigenvalue weighted by molar-refractivity contribution is -0.127. The zero-order chi connectivity index (χ0) is 25.8. The van der Waals surface area contributed by atoms with Crippen LogP contribution in [0.15, 0.2) is 65.6 Å². The van der Waals surface area contributed by atoms with E-state index in [0.717, 1.165) is 40.7 Å². The van der Waals surface area contributed by atoms with Crippen LogP contribution in [-0.4, -0.2) is 28.5 Å². The highest BCUT2D eigenvalue weighted by Gasteiger charge is 2.36. The van der Waals surface area contributed by atoms with E-state index in [1.165, 1.54) is 5.56 Å². The van der Waals surface area contributed by atoms with E-state index >= 15 is 0 Å². The van der Waals surface area contributed by atoms with Gasteiger partial charge in [-0.15, -0.1) is 0 Å². The van der Waals surface area contributed by atoms with Crippen molar-refractivity contribution in [3.05, 3.63) is 94.4 Å². The average molecular weight is 745 g/mol. The van der Waals surface area contributed by atoms with Gasteiger partial charge in [-0.2, -0.15) is 0 Å². The maximum Gasteiger partial charge on any atom is 0.294 e. The van der Waals surface area contributed by atoms with Gasteiger partial charge in [0.2, 0.25) is 5.91 Å². The summed E-state index contributed by atoms with van der Waals surface area (Å²) in [6.45, 7) is 2.09. The SMILES string of the molecule is Cc1cccc(COc2c(I)cc(/C=C3/SC(=O)N(CC(=O)Nc4ccccc4Cl)C3=O)cc2I)c1. The summed E-state index contributed by atoms with van der Waals surface area (Å²) in [4.78, 5) is 39.0. The fourth-order valence-electron chi connectivity index (χ4n) is 3.44. The zero-order valence-corrected chi connectivity index (χ0v) is 24.8. The molecule has 1 fully saturated rings. The monoisotopic (exact) mass is 744 g/mol. The first kappa shape index (κ1) is 27.0. The standard InChI is InChI=1S/C26H19ClI2N2O4S/c1-15-5-4-6-16(9-15)14-35-24-19(28)10-17(11-20(24)29)12-22-25(33)31(26(34)36-22)13-23(32)30-21-8-3-2-7-18(21)27/h2-12H,13-14H2,1H3,(H,30,32)/b22-12+. The molecule has 0 saturated carbocycles. The molecule has 0 spiro atoms. The molecule has 0 radical (unpaired) electrons. The Kier molecular flexibility index (Phi) is 8.96. The van der Waals surface area contributed by atoms with E-state index < -0.39 is 23.6 Å². The first-order chi connectivity index (χ1) is 17.2. The molecular weight excluding hydrogens is 726 g/mol. The summed E-state index contributed by atoms with van der Waals surface area (Å²) >= 11 is 11.3. The molecule has 0 unspecified atom stereocenters. The largest absolute Gasteiger partial charge is 0.487 e. The molecule has 1 aliphatic heterocycles. The maximum atomic E-state index is 12.9. The number of halogens is 3. The Bertz CT molecular complexity index is 1370. The number of carbonyl (C=O) groups is 3. The van der Waals surface area contributed by atoms with Crippen LogP contribution in [0.25, 0.3) is 6.08 Å². The molecule has 1 heterocycles. The quantitative estimate of drug-likeness (QED) is 0.206. The van der Waals surface area contributed by atoms with Crippen molar-refractivity contribution in [2.45, 2.75) is 13.5 Å². The molecule has 0 atom stereocenters. The zero-order valence-electron chi connectivity index (χ0n) is 18.9. The molecule has 6 nitrogen and oxygen atoms in total. The van der Waals surface area contributed by atoms with E-state index in [9.17, 15) is 14.4 Å². The second-order valence-corrected chi connectivity index (χ2v) is 11.6. The Morgan fingerprint density at radius 1 is 1.08 bits per heavy atom. The van der Waals surface area contributed by atoms with Gasteiger partial charge in [-0.3, -0.25) is 19.3 Å². The first-order valence-corrected chi connectivity index (χ1v) is 14.0. The fraction of sp³-hybridized carbons (Fsp3) is 0.115. The molecule has 10 heteroatoms. The Balaban J connectivity index is 1.44. The van der Waals surface area contributed by atoms with Crippen LogP contribution < -0.4 is 10.1 Å². The van der Waals surface area contributed by atoms with Crippen LogP contribution >= 0.6 is 68.5 Å². The first-order valence-electron chi connectivity index (χ1n) is 10.7. The Hall–Kier alpha value is -2.09. The number of para-hydroxylation sites is 1. The van der Waals surface area contributed by atoms with Crippen LogP contribution in [0.5, 0.6) is 5.75 Å². The van der Waals surface area contributed by atoms with Gasteiger partial charge in [-0.1, -0.05) is 53.6 Å². The molecule has 0 aromatic heterocycles. The van der Waals surface area contributed by atoms with Crippen molar-refractivity contribution in [1.29, 1.82) is 0 Å². The molecule has 3 amide bonds. The van der Waals surface area contributed by atoms with E-state index in [-0.39, 0.29) is 4.91 Å². The summed E-state index contributed by atoms with van der Waals surface area (Å²) in [5, 5.41) is 2.50. The number of anilines is 1. The number of thioether (sulfide) groups is 1. The number of rotatable bonds is 7. The topological polar surface area (TPSA) is 75.7 Å². The number of imide groups is 1. The fourth-order valence-corrected chi connectivity index (χ4v) is 6.59. The predicted molar refractivity (Wildman–Crippen MR) is 160 cm³/mol. The van der Waals surface area contributed by atoms with Crippen LogP contribution in [0.1, 0.15) is 16.7 Å². The third kappa shape index (κ3) is 6.61. The number of carbonyl (C=O) groups excluding carboxylic acids is 3. The van der Waals surface area contributed by atoms with E-state index in [4.69, 9.17) is 16.3 Å². The Morgan fingerprint density at radius 3 is 2.50 bits per heavy atom. The van der Waals surface area contributed by atoms with E-state index in [1.54, 1.807) is 30.3 Å². The molecule has 1 saturated heterocycles. The van der Waals surface area contributed by atoms with Crippen molar-refractivity contribution in [2.75, 3.05) is 11.9 Å². The van der Waals surface area contributed by atoms with Crippen molar-refractivity contribution < 1.29 is 19.1 Å². The third-order valence-electron chi connectivity index (χ3n) is 5.11.